The summed E-state index contributed by atoms with van der Waals surface area (Å²) in [5.74, 6) is -3.57. The van der Waals surface area contributed by atoms with Gasteiger partial charge in [-0.3, -0.25) is 14.4 Å². The van der Waals surface area contributed by atoms with E-state index in [2.05, 4.69) is 22.6 Å². The predicted octanol–water partition coefficient (Wildman–Crippen LogP) is 1.87. The van der Waals surface area contributed by atoms with E-state index < -0.39 is 77.4 Å². The number of aliphatic hydroxyl groups is 2. The summed E-state index contributed by atoms with van der Waals surface area (Å²) in [6.45, 7) is 0.834. The lowest BCUT2D eigenvalue weighted by Crippen LogP contribution is -2.51. The van der Waals surface area contributed by atoms with Crippen molar-refractivity contribution >= 4 is 52.3 Å². The fourth-order valence-electron chi connectivity index (χ4n) is 5.74. The van der Waals surface area contributed by atoms with Crippen LogP contribution in [0, 0.1) is 0 Å². The lowest BCUT2D eigenvalue weighted by molar-refractivity contribution is -0.222. The van der Waals surface area contributed by atoms with Crippen molar-refractivity contribution < 1.29 is 49.0 Å². The molecule has 0 spiro atoms. The molecule has 1 fully saturated rings. The SMILES string of the molecule is COc1cccc2c1C(=O)c1c(O)c3c(c(O)c1C2=O)C[C@@](O)(C(=O)CO)C[C@@H]3O[C@H]1C[C@H](N)[C@H](I)[C@H](C)O1.Cl. The number of rotatable bonds is 5. The summed E-state index contributed by atoms with van der Waals surface area (Å²) in [7, 11) is 1.34. The summed E-state index contributed by atoms with van der Waals surface area (Å²) in [5, 5.41) is 43.7. The van der Waals surface area contributed by atoms with Gasteiger partial charge >= 0.3 is 0 Å². The number of ketones is 3. The van der Waals surface area contributed by atoms with Crippen molar-refractivity contribution in [3.05, 3.63) is 51.6 Å². The first-order chi connectivity index (χ1) is 18.4. The second-order valence-electron chi connectivity index (χ2n) is 10.1. The highest BCUT2D eigenvalue weighted by molar-refractivity contribution is 14.1. The van der Waals surface area contributed by atoms with Crippen LogP contribution >= 0.6 is 35.0 Å². The number of halogens is 2. The van der Waals surface area contributed by atoms with Crippen LogP contribution in [0.1, 0.15) is 68.8 Å². The highest BCUT2D eigenvalue weighted by atomic mass is 127. The quantitative estimate of drug-likeness (QED) is 0.150. The fraction of sp³-hybridized carbons (Fsp3) is 0.444. The molecule has 0 aromatic heterocycles. The number of Topliss-reactive ketones (excluding diaryl/α,β-unsaturated/α-hetero) is 1. The second-order valence-corrected chi connectivity index (χ2v) is 11.6. The number of methoxy groups -OCH3 is 1. The third kappa shape index (κ3) is 4.68. The largest absolute Gasteiger partial charge is 0.507 e. The zero-order chi connectivity index (χ0) is 28.4. The topological polar surface area (TPSA) is 186 Å². The molecule has 11 nitrogen and oxygen atoms in total. The number of carbonyl (C=O) groups is 3. The summed E-state index contributed by atoms with van der Waals surface area (Å²) in [6.07, 6.45) is -3.14. The molecule has 0 bridgehead atoms. The number of phenolic OH excluding ortho intramolecular Hbond substituents is 2. The molecule has 1 aliphatic heterocycles. The number of fused-ring (bicyclic) bond motifs is 3. The first-order valence-electron chi connectivity index (χ1n) is 12.4. The normalized spacial score (nSPS) is 29.1. The van der Waals surface area contributed by atoms with Gasteiger partial charge in [-0.1, -0.05) is 34.7 Å². The Balaban J connectivity index is 0.00000370. The maximum absolute atomic E-state index is 13.7. The van der Waals surface area contributed by atoms with E-state index in [0.29, 0.717) is 0 Å². The van der Waals surface area contributed by atoms with Gasteiger partial charge in [0.15, 0.2) is 17.9 Å². The molecule has 2 aromatic carbocycles. The molecule has 6 atom stereocenters. The van der Waals surface area contributed by atoms with Crippen molar-refractivity contribution in [1.29, 1.82) is 0 Å². The van der Waals surface area contributed by atoms with Gasteiger partial charge in [0.1, 0.15) is 29.5 Å². The highest BCUT2D eigenvalue weighted by Crippen LogP contribution is 2.52. The van der Waals surface area contributed by atoms with Crippen LogP contribution in [0.25, 0.3) is 0 Å². The van der Waals surface area contributed by atoms with Gasteiger partial charge in [0.2, 0.25) is 5.78 Å². The summed E-state index contributed by atoms with van der Waals surface area (Å²) >= 11 is 2.18. The Bertz CT molecular complexity index is 1390. The van der Waals surface area contributed by atoms with Crippen LogP contribution in [-0.2, 0) is 20.7 Å². The number of carbonyl (C=O) groups excluding carboxylic acids is 3. The van der Waals surface area contributed by atoms with E-state index in [4.69, 9.17) is 19.9 Å². The van der Waals surface area contributed by atoms with E-state index in [1.165, 1.54) is 25.3 Å². The number of aliphatic hydroxyl groups excluding tert-OH is 1. The average molecular weight is 690 g/mol. The van der Waals surface area contributed by atoms with Gasteiger partial charge in [-0.2, -0.15) is 0 Å². The van der Waals surface area contributed by atoms with Gasteiger partial charge in [0.25, 0.3) is 0 Å². The Morgan fingerprint density at radius 1 is 1.18 bits per heavy atom. The monoisotopic (exact) mass is 689 g/mol. The van der Waals surface area contributed by atoms with Crippen LogP contribution in [-0.4, -0.2) is 79.5 Å². The number of aromatic hydroxyl groups is 2. The first-order valence-corrected chi connectivity index (χ1v) is 13.6. The minimum Gasteiger partial charge on any atom is -0.507 e. The molecule has 0 unspecified atom stereocenters. The molecule has 0 radical (unpaired) electrons. The molecular weight excluding hydrogens is 661 g/mol. The van der Waals surface area contributed by atoms with Crippen molar-refractivity contribution in [2.45, 2.75) is 60.3 Å². The van der Waals surface area contributed by atoms with Crippen LogP contribution < -0.4 is 10.5 Å². The van der Waals surface area contributed by atoms with E-state index in [9.17, 15) is 34.8 Å². The van der Waals surface area contributed by atoms with Crippen LogP contribution in [0.15, 0.2) is 18.2 Å². The Morgan fingerprint density at radius 2 is 1.85 bits per heavy atom. The lowest BCUT2D eigenvalue weighted by atomic mass is 9.72. The Hall–Kier alpha value is -2.33. The minimum absolute atomic E-state index is 0. The minimum atomic E-state index is -2.19. The maximum atomic E-state index is 13.7. The van der Waals surface area contributed by atoms with Gasteiger partial charge in [-0.05, 0) is 13.0 Å². The van der Waals surface area contributed by atoms with Crippen molar-refractivity contribution in [3.63, 3.8) is 0 Å². The predicted molar refractivity (Wildman–Crippen MR) is 151 cm³/mol. The van der Waals surface area contributed by atoms with Crippen LogP contribution in [0.2, 0.25) is 0 Å². The fourth-order valence-corrected chi connectivity index (χ4v) is 6.20. The van der Waals surface area contributed by atoms with Crippen molar-refractivity contribution in [2.75, 3.05) is 13.7 Å². The van der Waals surface area contributed by atoms with Gasteiger partial charge in [0, 0.05) is 42.0 Å². The van der Waals surface area contributed by atoms with Crippen LogP contribution in [0.5, 0.6) is 17.2 Å². The number of hydrogen-bond donors (Lipinski definition) is 5. The number of alkyl halides is 1. The molecule has 2 aromatic rings. The molecule has 1 saturated heterocycles. The maximum Gasteiger partial charge on any atom is 0.202 e. The average Bonchev–Trinajstić information content (AvgIpc) is 2.90. The van der Waals surface area contributed by atoms with Crippen LogP contribution in [0.3, 0.4) is 0 Å². The van der Waals surface area contributed by atoms with Gasteiger partial charge < -0.3 is 40.4 Å². The number of phenols is 2. The van der Waals surface area contributed by atoms with Crippen LogP contribution in [0.4, 0.5) is 0 Å². The van der Waals surface area contributed by atoms with E-state index >= 15 is 0 Å². The van der Waals surface area contributed by atoms with E-state index in [1.54, 1.807) is 0 Å². The molecule has 40 heavy (non-hydrogen) atoms. The third-order valence-electron chi connectivity index (χ3n) is 7.74. The Morgan fingerprint density at radius 3 is 2.48 bits per heavy atom. The summed E-state index contributed by atoms with van der Waals surface area (Å²) in [5.41, 5.74) is 2.89. The van der Waals surface area contributed by atoms with E-state index in [0.717, 1.165) is 0 Å². The molecule has 0 amide bonds. The zero-order valence-corrected chi connectivity index (χ0v) is 24.5. The lowest BCUT2D eigenvalue weighted by Gasteiger charge is -2.42. The number of hydrogen-bond acceptors (Lipinski definition) is 11. The molecule has 2 aliphatic carbocycles. The Labute approximate surface area is 249 Å². The number of nitrogens with two attached hydrogens (primary N) is 1. The standard InChI is InChI=1S/C27H28INO10.ClH/c1-10-22(28)13(29)6-17(38-10)39-15-8-27(36,16(31)9-30)7-12-19(15)26(35)21-20(24(12)33)23(32)11-4-3-5-14(37-2)18(11)25(21)34;/h3-5,10,13,15,17,22,30,33,35-36H,6-9,29H2,1-2H3;1H/t10-,13-,15-,17-,22+,27-;/m0./s1. The molecule has 13 heteroatoms. The van der Waals surface area contributed by atoms with Gasteiger partial charge in [-0.15, -0.1) is 12.4 Å². The molecule has 5 rings (SSSR count). The molecule has 3 aliphatic rings. The van der Waals surface area contributed by atoms with E-state index in [-0.39, 0.29) is 62.9 Å². The third-order valence-corrected chi connectivity index (χ3v) is 9.68. The number of ether oxygens (including phenoxy) is 3. The van der Waals surface area contributed by atoms with Gasteiger partial charge in [-0.25, -0.2) is 0 Å². The van der Waals surface area contributed by atoms with Crippen molar-refractivity contribution in [1.82, 2.24) is 0 Å². The second kappa shape index (κ2) is 11.2. The zero-order valence-electron chi connectivity index (χ0n) is 21.5. The Kier molecular flexibility index (Phi) is 8.54. The smallest absolute Gasteiger partial charge is 0.202 e. The summed E-state index contributed by atoms with van der Waals surface area (Å²) in [4.78, 5) is 39.8. The molecule has 216 valence electrons. The number of benzene rings is 2. The summed E-state index contributed by atoms with van der Waals surface area (Å²) < 4.78 is 17.4. The molecular formula is C27H29ClINO10. The molecule has 6 N–H and O–H groups in total. The molecule has 1 heterocycles. The summed E-state index contributed by atoms with van der Waals surface area (Å²) in [6, 6.07) is 4.12. The highest BCUT2D eigenvalue weighted by Gasteiger charge is 2.50. The first kappa shape index (κ1) is 30.6. The van der Waals surface area contributed by atoms with Crippen molar-refractivity contribution in [2.24, 2.45) is 5.73 Å². The van der Waals surface area contributed by atoms with E-state index in [1.807, 2.05) is 6.92 Å². The van der Waals surface area contributed by atoms with Gasteiger partial charge in [0.05, 0.1) is 39.9 Å². The van der Waals surface area contributed by atoms with Crippen molar-refractivity contribution in [3.8, 4) is 17.2 Å². The molecule has 0 saturated carbocycles.